The largest absolute Gasteiger partial charge is 0.354 e. The highest BCUT2D eigenvalue weighted by molar-refractivity contribution is 6.31. The van der Waals surface area contributed by atoms with Gasteiger partial charge in [-0.05, 0) is 24.3 Å². The van der Waals surface area contributed by atoms with Gasteiger partial charge in [-0.25, -0.2) is 4.39 Å². The molecule has 2 aromatic carbocycles. The second-order valence-corrected chi connectivity index (χ2v) is 5.26. The Labute approximate surface area is 138 Å². The van der Waals surface area contributed by atoms with Gasteiger partial charge in [0.2, 0.25) is 5.91 Å². The van der Waals surface area contributed by atoms with E-state index < -0.39 is 5.82 Å². The molecule has 0 atom stereocenters. The summed E-state index contributed by atoms with van der Waals surface area (Å²) in [5.41, 5.74) is 0.719. The van der Waals surface area contributed by atoms with Crippen LogP contribution >= 0.6 is 11.6 Å². The third kappa shape index (κ3) is 5.07. The van der Waals surface area contributed by atoms with Crippen LogP contribution in [0, 0.1) is 5.82 Å². The number of hydrogen-bond acceptors (Lipinski definition) is 2. The van der Waals surface area contributed by atoms with Crippen molar-refractivity contribution in [1.82, 2.24) is 10.6 Å². The fourth-order valence-corrected chi connectivity index (χ4v) is 2.22. The molecule has 0 saturated carbocycles. The van der Waals surface area contributed by atoms with E-state index in [0.29, 0.717) is 5.56 Å². The molecule has 0 fully saturated rings. The molecular weight excluding hydrogens is 319 g/mol. The molecule has 0 radical (unpaired) electrons. The van der Waals surface area contributed by atoms with Gasteiger partial charge in [0.25, 0.3) is 5.91 Å². The first kappa shape index (κ1) is 17.0. The van der Waals surface area contributed by atoms with E-state index in [2.05, 4.69) is 10.6 Å². The summed E-state index contributed by atoms with van der Waals surface area (Å²) in [5.74, 6) is -1.08. The van der Waals surface area contributed by atoms with Gasteiger partial charge in [0, 0.05) is 29.2 Å². The summed E-state index contributed by atoms with van der Waals surface area (Å²) in [4.78, 5) is 23.6. The van der Waals surface area contributed by atoms with Gasteiger partial charge < -0.3 is 10.6 Å². The van der Waals surface area contributed by atoms with Gasteiger partial charge in [-0.2, -0.15) is 0 Å². The number of nitrogens with one attached hydrogen (secondary N) is 2. The Balaban J connectivity index is 1.74. The first-order chi connectivity index (χ1) is 11.1. The molecule has 0 heterocycles. The summed E-state index contributed by atoms with van der Waals surface area (Å²) in [5, 5.41) is 5.52. The van der Waals surface area contributed by atoms with Gasteiger partial charge in [0.15, 0.2) is 0 Å². The van der Waals surface area contributed by atoms with E-state index in [9.17, 15) is 14.0 Å². The lowest BCUT2D eigenvalue weighted by molar-refractivity contribution is -0.120. The molecule has 0 bridgehead atoms. The van der Waals surface area contributed by atoms with Crippen LogP contribution in [0.3, 0.4) is 0 Å². The highest BCUT2D eigenvalue weighted by Gasteiger charge is 2.11. The molecule has 0 aliphatic rings. The molecule has 0 aromatic heterocycles. The topological polar surface area (TPSA) is 58.2 Å². The average molecular weight is 335 g/mol. The number of halogens is 2. The fourth-order valence-electron chi connectivity index (χ4n) is 1.99. The van der Waals surface area contributed by atoms with Crippen LogP contribution < -0.4 is 10.6 Å². The van der Waals surface area contributed by atoms with Gasteiger partial charge in [-0.3, -0.25) is 9.59 Å². The zero-order chi connectivity index (χ0) is 16.7. The molecule has 4 nitrogen and oxygen atoms in total. The maximum atomic E-state index is 13.6. The lowest BCUT2D eigenvalue weighted by Crippen LogP contribution is -2.35. The molecule has 2 rings (SSSR count). The highest BCUT2D eigenvalue weighted by Crippen LogP contribution is 2.19. The van der Waals surface area contributed by atoms with E-state index in [1.165, 1.54) is 18.2 Å². The third-order valence-electron chi connectivity index (χ3n) is 3.17. The smallest absolute Gasteiger partial charge is 0.251 e. The minimum absolute atomic E-state index is 0.141. The van der Waals surface area contributed by atoms with Crippen molar-refractivity contribution in [3.05, 3.63) is 70.5 Å². The van der Waals surface area contributed by atoms with Gasteiger partial charge in [0.1, 0.15) is 5.82 Å². The molecule has 2 amide bonds. The quantitative estimate of drug-likeness (QED) is 0.798. The summed E-state index contributed by atoms with van der Waals surface area (Å²) in [6.07, 6.45) is -0.141. The molecule has 0 unspecified atom stereocenters. The Morgan fingerprint density at radius 1 is 0.957 bits per heavy atom. The number of hydrogen-bond donors (Lipinski definition) is 2. The fraction of sp³-hybridized carbons (Fsp3) is 0.176. The maximum absolute atomic E-state index is 13.6. The molecule has 23 heavy (non-hydrogen) atoms. The van der Waals surface area contributed by atoms with Gasteiger partial charge in [0.05, 0.1) is 6.42 Å². The average Bonchev–Trinajstić information content (AvgIpc) is 2.56. The van der Waals surface area contributed by atoms with E-state index in [0.717, 1.165) is 0 Å². The monoisotopic (exact) mass is 334 g/mol. The zero-order valence-corrected chi connectivity index (χ0v) is 13.1. The predicted molar refractivity (Wildman–Crippen MR) is 86.9 cm³/mol. The second-order valence-electron chi connectivity index (χ2n) is 4.85. The normalized spacial score (nSPS) is 10.2. The molecule has 6 heteroatoms. The van der Waals surface area contributed by atoms with E-state index in [4.69, 9.17) is 11.6 Å². The minimum atomic E-state index is -0.509. The van der Waals surface area contributed by atoms with E-state index >= 15 is 0 Å². The Morgan fingerprint density at radius 2 is 1.65 bits per heavy atom. The van der Waals surface area contributed by atoms with Gasteiger partial charge in [-0.1, -0.05) is 35.9 Å². The first-order valence-electron chi connectivity index (χ1n) is 7.11. The van der Waals surface area contributed by atoms with Crippen molar-refractivity contribution in [3.63, 3.8) is 0 Å². The van der Waals surface area contributed by atoms with E-state index in [1.807, 2.05) is 6.07 Å². The molecule has 0 saturated heterocycles. The summed E-state index contributed by atoms with van der Waals surface area (Å²) < 4.78 is 13.6. The predicted octanol–water partition coefficient (Wildman–Crippen LogP) is 2.57. The second kappa shape index (κ2) is 8.29. The van der Waals surface area contributed by atoms with Crippen LogP contribution in [0.1, 0.15) is 15.9 Å². The summed E-state index contributed by atoms with van der Waals surface area (Å²) in [6, 6.07) is 13.1. The number of rotatable bonds is 6. The van der Waals surface area contributed by atoms with E-state index in [1.54, 1.807) is 24.3 Å². The Morgan fingerprint density at radius 3 is 2.35 bits per heavy atom. The summed E-state index contributed by atoms with van der Waals surface area (Å²) in [7, 11) is 0. The third-order valence-corrected chi connectivity index (χ3v) is 3.52. The maximum Gasteiger partial charge on any atom is 0.251 e. The van der Waals surface area contributed by atoms with Crippen molar-refractivity contribution < 1.29 is 14.0 Å². The standard InChI is InChI=1S/C17H16ClFN2O2/c18-14-7-4-8-15(19)13(14)11-16(22)20-9-10-21-17(23)12-5-2-1-3-6-12/h1-8H,9-11H2,(H,20,22)(H,21,23). The van der Waals surface area contributed by atoms with Crippen LogP contribution in [0.2, 0.25) is 5.02 Å². The van der Waals surface area contributed by atoms with Crippen LogP contribution in [-0.2, 0) is 11.2 Å². The number of benzene rings is 2. The lowest BCUT2D eigenvalue weighted by atomic mass is 10.1. The molecule has 0 spiro atoms. The van der Waals surface area contributed by atoms with Crippen molar-refractivity contribution in [2.24, 2.45) is 0 Å². The number of carbonyl (C=O) groups is 2. The lowest BCUT2D eigenvalue weighted by Gasteiger charge is -2.08. The highest BCUT2D eigenvalue weighted by atomic mass is 35.5. The van der Waals surface area contributed by atoms with Crippen molar-refractivity contribution in [1.29, 1.82) is 0 Å². The van der Waals surface area contributed by atoms with Crippen LogP contribution in [0.4, 0.5) is 4.39 Å². The summed E-state index contributed by atoms with van der Waals surface area (Å²) >= 11 is 5.87. The minimum Gasteiger partial charge on any atom is -0.354 e. The Bertz CT molecular complexity index is 672. The number of carbonyl (C=O) groups excluding carboxylic acids is 2. The summed E-state index contributed by atoms with van der Waals surface area (Å²) in [6.45, 7) is 0.536. The van der Waals surface area contributed by atoms with Crippen molar-refractivity contribution in [2.75, 3.05) is 13.1 Å². The van der Waals surface area contributed by atoms with E-state index in [-0.39, 0.29) is 41.9 Å². The molecule has 0 aliphatic heterocycles. The van der Waals surface area contributed by atoms with Crippen LogP contribution in [0.15, 0.2) is 48.5 Å². The van der Waals surface area contributed by atoms with Crippen LogP contribution in [0.5, 0.6) is 0 Å². The van der Waals surface area contributed by atoms with Crippen molar-refractivity contribution in [3.8, 4) is 0 Å². The van der Waals surface area contributed by atoms with Crippen molar-refractivity contribution >= 4 is 23.4 Å². The molecule has 2 N–H and O–H groups in total. The van der Waals surface area contributed by atoms with Crippen LogP contribution in [0.25, 0.3) is 0 Å². The Kier molecular flexibility index (Phi) is 6.11. The molecule has 120 valence electrons. The number of amides is 2. The van der Waals surface area contributed by atoms with Gasteiger partial charge in [-0.15, -0.1) is 0 Å². The van der Waals surface area contributed by atoms with Crippen LogP contribution in [-0.4, -0.2) is 24.9 Å². The first-order valence-corrected chi connectivity index (χ1v) is 7.48. The SMILES string of the molecule is O=C(Cc1c(F)cccc1Cl)NCCNC(=O)c1ccccc1. The molecule has 2 aromatic rings. The zero-order valence-electron chi connectivity index (χ0n) is 12.3. The molecular formula is C17H16ClFN2O2. The van der Waals surface area contributed by atoms with Crippen molar-refractivity contribution in [2.45, 2.75) is 6.42 Å². The molecule has 0 aliphatic carbocycles. The Hall–Kier alpha value is -2.40. The van der Waals surface area contributed by atoms with Gasteiger partial charge >= 0.3 is 0 Å².